The SMILES string of the molecule is CCCNC(Cc1cccc(Br)c1)c1snnc1CC. The summed E-state index contributed by atoms with van der Waals surface area (Å²) >= 11 is 5.06. The second-order valence-corrected chi connectivity index (χ2v) is 6.48. The van der Waals surface area contributed by atoms with Crippen molar-refractivity contribution in [2.24, 2.45) is 0 Å². The van der Waals surface area contributed by atoms with Crippen molar-refractivity contribution in [2.45, 2.75) is 39.2 Å². The highest BCUT2D eigenvalue weighted by Crippen LogP contribution is 2.25. The lowest BCUT2D eigenvalue weighted by Crippen LogP contribution is -2.24. The number of nitrogens with zero attached hydrogens (tertiary/aromatic N) is 2. The summed E-state index contributed by atoms with van der Waals surface area (Å²) in [4.78, 5) is 1.28. The summed E-state index contributed by atoms with van der Waals surface area (Å²) in [5, 5.41) is 7.87. The van der Waals surface area contributed by atoms with Gasteiger partial charge in [-0.05, 0) is 55.0 Å². The Balaban J connectivity index is 2.19. The standard InChI is InChI=1S/C15H20BrN3S/c1-3-8-17-14(15-13(4-2)18-19-20-15)10-11-6-5-7-12(16)9-11/h5-7,9,14,17H,3-4,8,10H2,1-2H3. The number of hydrogen-bond donors (Lipinski definition) is 1. The summed E-state index contributed by atoms with van der Waals surface area (Å²) in [6.07, 6.45) is 3.04. The molecule has 0 bridgehead atoms. The summed E-state index contributed by atoms with van der Waals surface area (Å²) in [5.41, 5.74) is 2.45. The van der Waals surface area contributed by atoms with Crippen molar-refractivity contribution in [1.29, 1.82) is 0 Å². The molecule has 0 spiro atoms. The van der Waals surface area contributed by atoms with Gasteiger partial charge in [0.25, 0.3) is 0 Å². The first-order valence-electron chi connectivity index (χ1n) is 7.03. The van der Waals surface area contributed by atoms with Gasteiger partial charge in [0.05, 0.1) is 10.6 Å². The number of aryl methyl sites for hydroxylation is 1. The van der Waals surface area contributed by atoms with Crippen LogP contribution in [-0.2, 0) is 12.8 Å². The maximum Gasteiger partial charge on any atom is 0.0801 e. The molecule has 1 N–H and O–H groups in total. The molecule has 1 aromatic carbocycles. The second-order valence-electron chi connectivity index (χ2n) is 4.78. The van der Waals surface area contributed by atoms with E-state index in [9.17, 15) is 0 Å². The molecule has 0 radical (unpaired) electrons. The van der Waals surface area contributed by atoms with Crippen LogP contribution in [-0.4, -0.2) is 16.1 Å². The molecule has 3 nitrogen and oxygen atoms in total. The first kappa shape index (κ1) is 15.6. The van der Waals surface area contributed by atoms with Gasteiger partial charge >= 0.3 is 0 Å². The number of halogens is 1. The van der Waals surface area contributed by atoms with E-state index in [1.54, 1.807) is 0 Å². The first-order chi connectivity index (χ1) is 9.74. The van der Waals surface area contributed by atoms with Crippen LogP contribution in [0.4, 0.5) is 0 Å². The van der Waals surface area contributed by atoms with E-state index < -0.39 is 0 Å². The van der Waals surface area contributed by atoms with Crippen LogP contribution < -0.4 is 5.32 Å². The molecule has 1 atom stereocenters. The molecule has 0 saturated heterocycles. The predicted octanol–water partition coefficient (Wildman–Crippen LogP) is 4.15. The Bertz CT molecular complexity index is 541. The minimum absolute atomic E-state index is 0.305. The van der Waals surface area contributed by atoms with Crippen LogP contribution in [0.15, 0.2) is 28.7 Å². The van der Waals surface area contributed by atoms with Gasteiger partial charge in [0, 0.05) is 10.5 Å². The van der Waals surface area contributed by atoms with E-state index in [-0.39, 0.29) is 0 Å². The van der Waals surface area contributed by atoms with Gasteiger partial charge in [-0.3, -0.25) is 0 Å². The van der Waals surface area contributed by atoms with Gasteiger partial charge in [-0.15, -0.1) is 5.10 Å². The molecular weight excluding hydrogens is 334 g/mol. The van der Waals surface area contributed by atoms with Crippen molar-refractivity contribution >= 4 is 27.5 Å². The predicted molar refractivity (Wildman–Crippen MR) is 88.2 cm³/mol. The highest BCUT2D eigenvalue weighted by molar-refractivity contribution is 9.10. The van der Waals surface area contributed by atoms with Gasteiger partial charge in [0.1, 0.15) is 0 Å². The van der Waals surface area contributed by atoms with E-state index in [0.29, 0.717) is 6.04 Å². The van der Waals surface area contributed by atoms with Gasteiger partial charge in [0.15, 0.2) is 0 Å². The zero-order valence-corrected chi connectivity index (χ0v) is 14.3. The molecule has 1 aromatic heterocycles. The molecule has 5 heteroatoms. The number of benzene rings is 1. The van der Waals surface area contributed by atoms with Crippen LogP contribution in [0.1, 0.15) is 42.4 Å². The molecule has 108 valence electrons. The molecule has 0 aliphatic carbocycles. The van der Waals surface area contributed by atoms with Crippen molar-refractivity contribution in [2.75, 3.05) is 6.54 Å². The molecule has 20 heavy (non-hydrogen) atoms. The molecule has 0 saturated carbocycles. The fourth-order valence-corrected chi connectivity index (χ4v) is 3.46. The Morgan fingerprint density at radius 2 is 2.20 bits per heavy atom. The highest BCUT2D eigenvalue weighted by Gasteiger charge is 2.18. The number of aromatic nitrogens is 2. The molecule has 2 aromatic rings. The monoisotopic (exact) mass is 353 g/mol. The first-order valence-corrected chi connectivity index (χ1v) is 8.60. The van der Waals surface area contributed by atoms with E-state index in [1.165, 1.54) is 22.0 Å². The molecule has 0 aliphatic heterocycles. The average molecular weight is 354 g/mol. The van der Waals surface area contributed by atoms with Gasteiger partial charge in [-0.2, -0.15) is 0 Å². The fourth-order valence-electron chi connectivity index (χ4n) is 2.20. The minimum atomic E-state index is 0.305. The van der Waals surface area contributed by atoms with Crippen molar-refractivity contribution in [3.05, 3.63) is 44.9 Å². The lowest BCUT2D eigenvalue weighted by Gasteiger charge is -2.18. The van der Waals surface area contributed by atoms with E-state index >= 15 is 0 Å². The third-order valence-electron chi connectivity index (χ3n) is 3.21. The van der Waals surface area contributed by atoms with Gasteiger partial charge in [-0.1, -0.05) is 46.4 Å². The van der Waals surface area contributed by atoms with E-state index in [2.05, 4.69) is 68.9 Å². The van der Waals surface area contributed by atoms with Crippen molar-refractivity contribution in [1.82, 2.24) is 14.9 Å². The summed E-state index contributed by atoms with van der Waals surface area (Å²) in [7, 11) is 0. The van der Waals surface area contributed by atoms with E-state index in [1.807, 2.05) is 0 Å². The summed E-state index contributed by atoms with van der Waals surface area (Å²) in [6.45, 7) is 5.34. The summed E-state index contributed by atoms with van der Waals surface area (Å²) in [5.74, 6) is 0. The van der Waals surface area contributed by atoms with E-state index in [0.717, 1.165) is 36.0 Å². The molecule has 0 amide bonds. The Kier molecular flexibility index (Phi) is 6.13. The molecular formula is C15H20BrN3S. The Morgan fingerprint density at radius 3 is 2.90 bits per heavy atom. The number of hydrogen-bond acceptors (Lipinski definition) is 4. The lowest BCUT2D eigenvalue weighted by molar-refractivity contribution is 0.532. The maximum atomic E-state index is 4.24. The molecule has 1 unspecified atom stereocenters. The molecule has 1 heterocycles. The Hall–Kier alpha value is -0.780. The third-order valence-corrected chi connectivity index (χ3v) is 4.58. The third kappa shape index (κ3) is 4.11. The Morgan fingerprint density at radius 1 is 1.35 bits per heavy atom. The smallest absolute Gasteiger partial charge is 0.0801 e. The Labute approximate surface area is 133 Å². The van der Waals surface area contributed by atoms with Crippen LogP contribution >= 0.6 is 27.5 Å². The summed E-state index contributed by atoms with van der Waals surface area (Å²) < 4.78 is 5.25. The van der Waals surface area contributed by atoms with Gasteiger partial charge in [-0.25, -0.2) is 0 Å². The summed E-state index contributed by atoms with van der Waals surface area (Å²) in [6, 6.07) is 8.80. The van der Waals surface area contributed by atoms with Crippen LogP contribution in [0.3, 0.4) is 0 Å². The molecule has 0 fully saturated rings. The van der Waals surface area contributed by atoms with Gasteiger partial charge < -0.3 is 5.32 Å². The maximum absolute atomic E-state index is 4.24. The normalized spacial score (nSPS) is 12.6. The second kappa shape index (κ2) is 7.86. The van der Waals surface area contributed by atoms with Crippen LogP contribution in [0, 0.1) is 0 Å². The van der Waals surface area contributed by atoms with Gasteiger partial charge in [0.2, 0.25) is 0 Å². The highest BCUT2D eigenvalue weighted by atomic mass is 79.9. The molecule has 0 aliphatic rings. The number of nitrogens with one attached hydrogen (secondary N) is 1. The quantitative estimate of drug-likeness (QED) is 0.812. The van der Waals surface area contributed by atoms with Crippen molar-refractivity contribution < 1.29 is 0 Å². The zero-order valence-electron chi connectivity index (χ0n) is 11.9. The largest absolute Gasteiger partial charge is 0.309 e. The molecule has 2 rings (SSSR count). The number of rotatable bonds is 7. The fraction of sp³-hybridized carbons (Fsp3) is 0.467. The topological polar surface area (TPSA) is 37.8 Å². The lowest BCUT2D eigenvalue weighted by atomic mass is 10.0. The van der Waals surface area contributed by atoms with Crippen LogP contribution in [0.5, 0.6) is 0 Å². The van der Waals surface area contributed by atoms with E-state index in [4.69, 9.17) is 0 Å². The average Bonchev–Trinajstić information content (AvgIpc) is 2.92. The van der Waals surface area contributed by atoms with Crippen LogP contribution in [0.2, 0.25) is 0 Å². The zero-order chi connectivity index (χ0) is 14.4. The van der Waals surface area contributed by atoms with Crippen molar-refractivity contribution in [3.63, 3.8) is 0 Å². The minimum Gasteiger partial charge on any atom is -0.309 e. The van der Waals surface area contributed by atoms with Crippen LogP contribution in [0.25, 0.3) is 0 Å². The van der Waals surface area contributed by atoms with Crippen molar-refractivity contribution in [3.8, 4) is 0 Å².